The summed E-state index contributed by atoms with van der Waals surface area (Å²) in [6.07, 6.45) is 4.94. The molecule has 1 N–H and O–H groups in total. The van der Waals surface area contributed by atoms with E-state index < -0.39 is 0 Å². The topological polar surface area (TPSA) is 52.7 Å². The molecule has 4 rings (SSSR count). The van der Waals surface area contributed by atoms with Crippen LogP contribution in [-0.4, -0.2) is 54.3 Å². The average Bonchev–Trinajstić information content (AvgIpc) is 3.40. The fraction of sp³-hybridized carbons (Fsp3) is 0.619. The van der Waals surface area contributed by atoms with Crippen LogP contribution in [0.25, 0.3) is 0 Å². The Morgan fingerprint density at radius 1 is 1.19 bits per heavy atom. The molecule has 1 atom stereocenters. The third kappa shape index (κ3) is 4.26. The van der Waals surface area contributed by atoms with E-state index in [1.54, 1.807) is 0 Å². The van der Waals surface area contributed by atoms with Crippen molar-refractivity contribution in [1.29, 1.82) is 0 Å². The summed E-state index contributed by atoms with van der Waals surface area (Å²) >= 11 is 0. The number of hydrogen-bond donors (Lipinski definition) is 1. The van der Waals surface area contributed by atoms with Gasteiger partial charge in [0.2, 0.25) is 11.8 Å². The van der Waals surface area contributed by atoms with Crippen molar-refractivity contribution in [2.24, 2.45) is 11.8 Å². The first-order valence-corrected chi connectivity index (χ1v) is 10.0. The Labute approximate surface area is 155 Å². The molecule has 1 aromatic carbocycles. The number of benzene rings is 1. The summed E-state index contributed by atoms with van der Waals surface area (Å²) in [6, 6.07) is 8.66. The molecule has 1 aromatic rings. The quantitative estimate of drug-likeness (QED) is 0.759. The van der Waals surface area contributed by atoms with Crippen LogP contribution >= 0.6 is 0 Å². The Bertz CT molecular complexity index is 671. The average molecular weight is 355 g/mol. The van der Waals surface area contributed by atoms with Gasteiger partial charge in [-0.05, 0) is 42.7 Å². The standard InChI is InChI=1S/C21H29N3O2/c25-20-12-19(15-24(20)13-16-6-7-16)21(26)22-9-3-10-23-11-8-17-4-1-2-5-18(17)14-23/h1-2,4-5,16,19H,3,6-15H2,(H,22,26). The third-order valence-electron chi connectivity index (χ3n) is 5.92. The second kappa shape index (κ2) is 7.78. The minimum absolute atomic E-state index is 0.0561. The van der Waals surface area contributed by atoms with Gasteiger partial charge in [-0.2, -0.15) is 0 Å². The highest BCUT2D eigenvalue weighted by atomic mass is 16.2. The van der Waals surface area contributed by atoms with Crippen LogP contribution in [0.4, 0.5) is 0 Å². The third-order valence-corrected chi connectivity index (χ3v) is 5.92. The molecule has 5 heteroatoms. The second-order valence-corrected chi connectivity index (χ2v) is 8.08. The molecule has 0 radical (unpaired) electrons. The lowest BCUT2D eigenvalue weighted by Gasteiger charge is -2.28. The van der Waals surface area contributed by atoms with Crippen LogP contribution in [0, 0.1) is 11.8 Å². The molecule has 2 fully saturated rings. The van der Waals surface area contributed by atoms with E-state index in [1.807, 2.05) is 4.90 Å². The number of carbonyl (C=O) groups excluding carboxylic acids is 2. The van der Waals surface area contributed by atoms with Crippen molar-refractivity contribution in [2.45, 2.75) is 38.6 Å². The Balaban J connectivity index is 1.15. The lowest BCUT2D eigenvalue weighted by molar-refractivity contribution is -0.129. The molecule has 0 aromatic heterocycles. The Hall–Kier alpha value is -1.88. The molecule has 26 heavy (non-hydrogen) atoms. The predicted octanol–water partition coefficient (Wildman–Crippen LogP) is 1.81. The van der Waals surface area contributed by atoms with Crippen LogP contribution < -0.4 is 5.32 Å². The molecule has 2 amide bonds. The number of amides is 2. The molecule has 0 spiro atoms. The summed E-state index contributed by atoms with van der Waals surface area (Å²) in [4.78, 5) is 28.7. The van der Waals surface area contributed by atoms with Crippen LogP contribution in [0.15, 0.2) is 24.3 Å². The van der Waals surface area contributed by atoms with Gasteiger partial charge in [-0.1, -0.05) is 24.3 Å². The van der Waals surface area contributed by atoms with E-state index in [4.69, 9.17) is 0 Å². The molecule has 5 nitrogen and oxygen atoms in total. The van der Waals surface area contributed by atoms with Crippen molar-refractivity contribution in [3.05, 3.63) is 35.4 Å². The van der Waals surface area contributed by atoms with Gasteiger partial charge in [-0.15, -0.1) is 0 Å². The van der Waals surface area contributed by atoms with E-state index in [1.165, 1.54) is 24.0 Å². The number of carbonyl (C=O) groups is 2. The van der Waals surface area contributed by atoms with Crippen LogP contribution in [-0.2, 0) is 22.6 Å². The first-order valence-electron chi connectivity index (χ1n) is 10.0. The van der Waals surface area contributed by atoms with Crippen molar-refractivity contribution in [3.8, 4) is 0 Å². The molecule has 1 unspecified atom stereocenters. The summed E-state index contributed by atoms with van der Waals surface area (Å²) in [7, 11) is 0. The Morgan fingerprint density at radius 2 is 2.00 bits per heavy atom. The molecule has 2 heterocycles. The molecule has 1 saturated heterocycles. The van der Waals surface area contributed by atoms with Gasteiger partial charge >= 0.3 is 0 Å². The predicted molar refractivity (Wildman–Crippen MR) is 100 cm³/mol. The highest BCUT2D eigenvalue weighted by Gasteiger charge is 2.36. The van der Waals surface area contributed by atoms with E-state index in [2.05, 4.69) is 34.5 Å². The number of nitrogens with zero attached hydrogens (tertiary/aromatic N) is 2. The summed E-state index contributed by atoms with van der Waals surface area (Å²) in [5, 5.41) is 3.05. The van der Waals surface area contributed by atoms with Crippen LogP contribution in [0.1, 0.15) is 36.8 Å². The summed E-state index contributed by atoms with van der Waals surface area (Å²) < 4.78 is 0. The SMILES string of the molecule is O=C(NCCCN1CCc2ccccc2C1)C1CC(=O)N(CC2CC2)C1. The molecular weight excluding hydrogens is 326 g/mol. The van der Waals surface area contributed by atoms with E-state index >= 15 is 0 Å². The molecule has 2 aliphatic heterocycles. The minimum Gasteiger partial charge on any atom is -0.356 e. The van der Waals surface area contributed by atoms with Gasteiger partial charge in [-0.3, -0.25) is 14.5 Å². The van der Waals surface area contributed by atoms with Gasteiger partial charge < -0.3 is 10.2 Å². The van der Waals surface area contributed by atoms with E-state index in [9.17, 15) is 9.59 Å². The first-order chi connectivity index (χ1) is 12.7. The number of rotatable bonds is 7. The molecule has 1 saturated carbocycles. The van der Waals surface area contributed by atoms with Crippen LogP contribution in [0.5, 0.6) is 0 Å². The zero-order valence-electron chi connectivity index (χ0n) is 15.5. The number of likely N-dealkylation sites (tertiary alicyclic amines) is 1. The molecule has 0 bridgehead atoms. The molecule has 140 valence electrons. The lowest BCUT2D eigenvalue weighted by atomic mass is 10.00. The summed E-state index contributed by atoms with van der Waals surface area (Å²) in [5.74, 6) is 0.753. The fourth-order valence-corrected chi connectivity index (χ4v) is 4.14. The smallest absolute Gasteiger partial charge is 0.225 e. The van der Waals surface area contributed by atoms with Gasteiger partial charge in [-0.25, -0.2) is 0 Å². The fourth-order valence-electron chi connectivity index (χ4n) is 4.14. The minimum atomic E-state index is -0.150. The highest BCUT2D eigenvalue weighted by molar-refractivity contribution is 5.89. The van der Waals surface area contributed by atoms with Gasteiger partial charge in [0.1, 0.15) is 0 Å². The monoisotopic (exact) mass is 355 g/mol. The zero-order chi connectivity index (χ0) is 17.9. The van der Waals surface area contributed by atoms with Crippen molar-refractivity contribution >= 4 is 11.8 Å². The molecule has 1 aliphatic carbocycles. The maximum absolute atomic E-state index is 12.3. The Morgan fingerprint density at radius 3 is 2.81 bits per heavy atom. The zero-order valence-corrected chi connectivity index (χ0v) is 15.5. The number of hydrogen-bond acceptors (Lipinski definition) is 3. The van der Waals surface area contributed by atoms with E-state index in [0.717, 1.165) is 39.0 Å². The van der Waals surface area contributed by atoms with Crippen molar-refractivity contribution in [2.75, 3.05) is 32.7 Å². The van der Waals surface area contributed by atoms with Crippen molar-refractivity contribution in [1.82, 2.24) is 15.1 Å². The maximum atomic E-state index is 12.3. The number of fused-ring (bicyclic) bond motifs is 1. The molecule has 3 aliphatic rings. The first kappa shape index (κ1) is 17.5. The van der Waals surface area contributed by atoms with Crippen molar-refractivity contribution < 1.29 is 9.59 Å². The lowest BCUT2D eigenvalue weighted by Crippen LogP contribution is -2.36. The van der Waals surface area contributed by atoms with Gasteiger partial charge in [0, 0.05) is 45.7 Å². The number of nitrogens with one attached hydrogen (secondary N) is 1. The molecular formula is C21H29N3O2. The van der Waals surface area contributed by atoms with Gasteiger partial charge in [0.15, 0.2) is 0 Å². The van der Waals surface area contributed by atoms with Crippen molar-refractivity contribution in [3.63, 3.8) is 0 Å². The normalized spacial score (nSPS) is 23.2. The largest absolute Gasteiger partial charge is 0.356 e. The Kier molecular flexibility index (Phi) is 5.25. The van der Waals surface area contributed by atoms with Gasteiger partial charge in [0.05, 0.1) is 5.92 Å². The van der Waals surface area contributed by atoms with E-state index in [0.29, 0.717) is 25.4 Å². The van der Waals surface area contributed by atoms with Gasteiger partial charge in [0.25, 0.3) is 0 Å². The van der Waals surface area contributed by atoms with Crippen LogP contribution in [0.2, 0.25) is 0 Å². The highest BCUT2D eigenvalue weighted by Crippen LogP contribution is 2.32. The van der Waals surface area contributed by atoms with E-state index in [-0.39, 0.29) is 17.7 Å². The maximum Gasteiger partial charge on any atom is 0.225 e. The van der Waals surface area contributed by atoms with Crippen LogP contribution in [0.3, 0.4) is 0 Å². The second-order valence-electron chi connectivity index (χ2n) is 8.08. The summed E-state index contributed by atoms with van der Waals surface area (Å²) in [5.41, 5.74) is 2.90. The summed E-state index contributed by atoms with van der Waals surface area (Å²) in [6.45, 7) is 5.29.